The number of halogens is 1. The third kappa shape index (κ3) is 8.89. The third-order valence-corrected chi connectivity index (χ3v) is 0.510. The van der Waals surface area contributed by atoms with E-state index in [2.05, 4.69) is 8.80 Å². The maximum Gasteiger partial charge on any atom is 1.00 e. The molecule has 0 aliphatic carbocycles. The fraction of sp³-hybridized carbons (Fsp3) is 0. The second-order valence-electron chi connectivity index (χ2n) is 0.396. The molecule has 1 amide bonds. The Bertz CT molecular complexity index is 53.0. The monoisotopic (exact) mass is 211 g/mol. The molecule has 0 spiro atoms. The molecule has 3 nitrogen and oxygen atoms in total. The van der Waals surface area contributed by atoms with Gasteiger partial charge in [0, 0.05) is 0 Å². The predicted molar refractivity (Wildman–Crippen MR) is 25.8 cm³/mol. The van der Waals surface area contributed by atoms with E-state index < -0.39 is 6.09 Å². The van der Waals surface area contributed by atoms with Crippen molar-refractivity contribution >= 4 is 29.1 Å². The van der Waals surface area contributed by atoms with Crippen LogP contribution in [0.2, 0.25) is 0 Å². The van der Waals surface area contributed by atoms with E-state index in [0.29, 0.717) is 0 Å². The zero-order valence-electron chi connectivity index (χ0n) is 4.27. The van der Waals surface area contributed by atoms with E-state index in [1.165, 1.54) is 23.0 Å². The van der Waals surface area contributed by atoms with Crippen molar-refractivity contribution in [3.8, 4) is 0 Å². The zero-order valence-corrected chi connectivity index (χ0v) is 7.43. The van der Waals surface area contributed by atoms with E-state index in [4.69, 9.17) is 0 Å². The summed E-state index contributed by atoms with van der Waals surface area (Å²) < 4.78 is 3.86. The average Bonchev–Trinajstić information content (AvgIpc) is 1.38. The molecule has 0 aromatic rings. The van der Waals surface area contributed by atoms with E-state index in [0.717, 1.165) is 0 Å². The first-order valence-corrected chi connectivity index (χ1v) is 1.73. The number of carbonyl (C=O) groups is 1. The summed E-state index contributed by atoms with van der Waals surface area (Å²) in [5.41, 5.74) is 4.42. The molecule has 2 N–H and O–H groups in total. The first kappa shape index (κ1) is 10.1. The summed E-state index contributed by atoms with van der Waals surface area (Å²) in [6.07, 6.45) is -0.759. The summed E-state index contributed by atoms with van der Waals surface area (Å²) in [5, 5.41) is 0. The quantitative estimate of drug-likeness (QED) is 0.357. The van der Waals surface area contributed by atoms with Gasteiger partial charge < -0.3 is 10.2 Å². The van der Waals surface area contributed by atoms with Crippen LogP contribution in [-0.4, -0.2) is 6.09 Å². The van der Waals surface area contributed by atoms with Crippen LogP contribution >= 0.6 is 23.0 Å². The Hall–Kier alpha value is 1.00. The zero-order chi connectivity index (χ0) is 4.28. The average molecular weight is 211 g/mol. The summed E-state index contributed by atoms with van der Waals surface area (Å²) in [4.78, 5) is 9.36. The van der Waals surface area contributed by atoms with Crippen LogP contribution < -0.4 is 35.3 Å². The normalized spacial score (nSPS) is 5.50. The van der Waals surface area contributed by atoms with Crippen molar-refractivity contribution in [3.63, 3.8) is 0 Å². The first-order valence-electron chi connectivity index (χ1n) is 0.851. The number of hydrogen-bond acceptors (Lipinski definition) is 2. The van der Waals surface area contributed by atoms with E-state index in [-0.39, 0.29) is 31.0 Å². The van der Waals surface area contributed by atoms with Gasteiger partial charge in [-0.2, -0.15) is 0 Å². The van der Waals surface area contributed by atoms with Gasteiger partial charge >= 0.3 is 35.7 Å². The van der Waals surface area contributed by atoms with Crippen molar-refractivity contribution < 1.29 is 38.8 Å². The smallest absolute Gasteiger partial charge is 1.00 e. The minimum atomic E-state index is -0.759. The Morgan fingerprint density at radius 1 is 2.00 bits per heavy atom. The van der Waals surface area contributed by atoms with Crippen molar-refractivity contribution in [1.29, 1.82) is 0 Å². The molecule has 32 valence electrons. The van der Waals surface area contributed by atoms with Gasteiger partial charge in [0.05, 0.1) is 0 Å². The van der Waals surface area contributed by atoms with Gasteiger partial charge in [-0.1, -0.05) is 0 Å². The summed E-state index contributed by atoms with van der Waals surface area (Å²) >= 11 is 1.40. The molecule has 0 saturated heterocycles. The van der Waals surface area contributed by atoms with E-state index in [1.807, 2.05) is 0 Å². The Morgan fingerprint density at radius 2 is 2.17 bits per heavy atom. The molecule has 0 bridgehead atoms. The molecule has 0 aromatic heterocycles. The van der Waals surface area contributed by atoms with Gasteiger partial charge in [-0.15, -0.1) is 0 Å². The molecule has 6 heavy (non-hydrogen) atoms. The summed E-state index contributed by atoms with van der Waals surface area (Å²) in [5.74, 6) is 0. The van der Waals surface area contributed by atoms with Crippen molar-refractivity contribution in [2.45, 2.75) is 0 Å². The summed E-state index contributed by atoms with van der Waals surface area (Å²) in [6.45, 7) is 0. The Labute approximate surface area is 73.1 Å². The largest absolute Gasteiger partial charge is 1.00 e. The van der Waals surface area contributed by atoms with Crippen LogP contribution in [0.1, 0.15) is 1.43 Å². The van der Waals surface area contributed by atoms with E-state index in [1.54, 1.807) is 0 Å². The second kappa shape index (κ2) is 6.00. The molecule has 0 saturated carbocycles. The van der Waals surface area contributed by atoms with Gasteiger partial charge in [0.15, 0.2) is 23.0 Å². The van der Waals surface area contributed by atoms with Crippen molar-refractivity contribution in [2.75, 3.05) is 0 Å². The number of hydrogen-bond donors (Lipinski definition) is 1. The number of nitrogens with two attached hydrogens (primary N) is 1. The van der Waals surface area contributed by atoms with E-state index >= 15 is 0 Å². The predicted octanol–water partition coefficient (Wildman–Crippen LogP) is -2.45. The van der Waals surface area contributed by atoms with Crippen LogP contribution in [0.4, 0.5) is 4.79 Å². The van der Waals surface area contributed by atoms with Crippen LogP contribution in [-0.2, 0) is 3.07 Å². The van der Waals surface area contributed by atoms with Gasteiger partial charge in [-0.05, 0) is 0 Å². The minimum absolute atomic E-state index is 0. The third-order valence-electron chi connectivity index (χ3n) is 0.0760. The Kier molecular flexibility index (Phi) is 10.1. The van der Waals surface area contributed by atoms with Gasteiger partial charge in [0.25, 0.3) is 0 Å². The fourth-order valence-corrected chi connectivity index (χ4v) is 0. The summed E-state index contributed by atoms with van der Waals surface area (Å²) in [6, 6.07) is 0. The van der Waals surface area contributed by atoms with Gasteiger partial charge in [-0.3, -0.25) is 0 Å². The van der Waals surface area contributed by atoms with Crippen molar-refractivity contribution in [3.05, 3.63) is 0 Å². The molecule has 0 aromatic carbocycles. The summed E-state index contributed by atoms with van der Waals surface area (Å²) in [7, 11) is 0. The first-order chi connectivity index (χ1) is 2.27. The minimum Gasteiger partial charge on any atom is -1.00 e. The standard InChI is InChI=1S/CH2INO2.Na.H/c2-5-1(3)4;;/h(H2,3,4);;/q;+1;-1. The molecule has 0 atom stereocenters. The van der Waals surface area contributed by atoms with Crippen LogP contribution in [0.15, 0.2) is 0 Å². The van der Waals surface area contributed by atoms with Crippen molar-refractivity contribution in [1.82, 2.24) is 0 Å². The molecule has 0 aliphatic rings. The maximum absolute atomic E-state index is 9.36. The maximum atomic E-state index is 9.36. The SMILES string of the molecule is NC(=O)OI.[H-].[Na+]. The number of amides is 1. The molecular formula is CH3INNaO2. The molecule has 0 rings (SSSR count). The molecule has 0 fully saturated rings. The van der Waals surface area contributed by atoms with Crippen LogP contribution in [0.5, 0.6) is 0 Å². The molecule has 0 aliphatic heterocycles. The molecule has 0 heterocycles. The van der Waals surface area contributed by atoms with Gasteiger partial charge in [0.1, 0.15) is 0 Å². The molecular weight excluding hydrogens is 208 g/mol. The topological polar surface area (TPSA) is 52.3 Å². The molecule has 0 radical (unpaired) electrons. The second-order valence-corrected chi connectivity index (χ2v) is 0.837. The van der Waals surface area contributed by atoms with Crippen LogP contribution in [0.25, 0.3) is 0 Å². The number of primary amides is 1. The number of rotatable bonds is 0. The molecule has 5 heteroatoms. The van der Waals surface area contributed by atoms with E-state index in [9.17, 15) is 4.79 Å². The van der Waals surface area contributed by atoms with Crippen molar-refractivity contribution in [2.24, 2.45) is 5.73 Å². The Balaban J connectivity index is -0.0000000800. The Morgan fingerprint density at radius 3 is 2.17 bits per heavy atom. The van der Waals surface area contributed by atoms with Gasteiger partial charge in [-0.25, -0.2) is 4.79 Å². The van der Waals surface area contributed by atoms with Crippen LogP contribution in [0, 0.1) is 0 Å². The fourth-order valence-electron chi connectivity index (χ4n) is 0. The molecule has 0 unspecified atom stereocenters. The number of carbonyl (C=O) groups excluding carboxylic acids is 1. The van der Waals surface area contributed by atoms with Gasteiger partial charge in [0.2, 0.25) is 0 Å². The van der Waals surface area contributed by atoms with Crippen LogP contribution in [0.3, 0.4) is 0 Å².